The smallest absolute Gasteiger partial charge is 0.185 e. The van der Waals surface area contributed by atoms with E-state index in [1.54, 1.807) is 7.11 Å². The van der Waals surface area contributed by atoms with Crippen LogP contribution in [-0.2, 0) is 0 Å². The van der Waals surface area contributed by atoms with E-state index in [2.05, 4.69) is 4.98 Å². The highest BCUT2D eigenvalue weighted by molar-refractivity contribution is 6.32. The zero-order chi connectivity index (χ0) is 14.9. The van der Waals surface area contributed by atoms with E-state index in [-0.39, 0.29) is 0 Å². The Morgan fingerprint density at radius 3 is 2.60 bits per heavy atom. The molecule has 0 aliphatic heterocycles. The lowest BCUT2D eigenvalue weighted by Crippen LogP contribution is -2.29. The van der Waals surface area contributed by atoms with Crippen molar-refractivity contribution in [1.29, 1.82) is 0 Å². The third-order valence-corrected chi connectivity index (χ3v) is 3.22. The molecule has 2 aromatic rings. The van der Waals surface area contributed by atoms with Gasteiger partial charge in [0.05, 0.1) is 18.2 Å². The van der Waals surface area contributed by atoms with Crippen LogP contribution in [0.5, 0.6) is 5.75 Å². The summed E-state index contributed by atoms with van der Waals surface area (Å²) < 4.78 is 6.06. The number of hydrogen-bond donors (Lipinski definition) is 0. The van der Waals surface area contributed by atoms with Gasteiger partial charge in [-0.3, -0.25) is 0 Å². The van der Waals surface area contributed by atoms with Crippen molar-refractivity contribution in [3.8, 4) is 5.75 Å². The lowest BCUT2D eigenvalue weighted by Gasteiger charge is -2.18. The summed E-state index contributed by atoms with van der Waals surface area (Å²) in [6, 6.07) is 7.36. The molecule has 4 nitrogen and oxygen atoms in total. The van der Waals surface area contributed by atoms with E-state index >= 15 is 0 Å². The maximum Gasteiger partial charge on any atom is 0.185 e. The minimum absolute atomic E-state index is 0.313. The van der Waals surface area contributed by atoms with E-state index < -0.39 is 5.54 Å². The number of hydrogen-bond acceptors (Lipinski definition) is 3. The number of methoxy groups -OCH3 is 1. The van der Waals surface area contributed by atoms with Gasteiger partial charge in [0.15, 0.2) is 11.8 Å². The molecular formula is C15H17ClN2O2. The highest BCUT2D eigenvalue weighted by atomic mass is 35.5. The Labute approximate surface area is 123 Å². The molecule has 0 saturated carbocycles. The first-order valence-electron chi connectivity index (χ1n) is 6.27. The molecule has 1 heterocycles. The molecular weight excluding hydrogens is 276 g/mol. The molecule has 0 saturated heterocycles. The van der Waals surface area contributed by atoms with Crippen molar-refractivity contribution in [2.45, 2.75) is 26.3 Å². The molecule has 0 N–H and O–H groups in total. The number of ether oxygens (including phenoxy) is 1. The fourth-order valence-corrected chi connectivity index (χ4v) is 1.88. The molecule has 0 atom stereocenters. The van der Waals surface area contributed by atoms with Crippen LogP contribution in [0.3, 0.4) is 0 Å². The maximum absolute atomic E-state index is 12.0. The van der Waals surface area contributed by atoms with Crippen molar-refractivity contribution in [2.75, 3.05) is 7.11 Å². The van der Waals surface area contributed by atoms with Gasteiger partial charge in [-0.25, -0.2) is 9.72 Å². The van der Waals surface area contributed by atoms with Gasteiger partial charge in [-0.2, -0.15) is 0 Å². The minimum Gasteiger partial charge on any atom is -0.623 e. The monoisotopic (exact) mass is 292 g/mol. The maximum atomic E-state index is 12.0. The number of aromatic nitrogens is 1. The summed E-state index contributed by atoms with van der Waals surface area (Å²) in [6.07, 6.45) is 1.47. The number of hydroxylamine groups is 1. The van der Waals surface area contributed by atoms with Gasteiger partial charge in [-0.1, -0.05) is 11.6 Å². The summed E-state index contributed by atoms with van der Waals surface area (Å²) in [5, 5.41) is 13.2. The summed E-state index contributed by atoms with van der Waals surface area (Å²) in [4.78, 5) is 4.30. The number of halogens is 1. The molecule has 0 fully saturated rings. The van der Waals surface area contributed by atoms with Crippen LogP contribution in [0, 0.1) is 5.21 Å². The molecule has 0 bridgehead atoms. The number of fused-ring (bicyclic) bond motifs is 1. The Hall–Kier alpha value is -1.81. The first-order chi connectivity index (χ1) is 9.31. The highest BCUT2D eigenvalue weighted by Gasteiger charge is 2.19. The third kappa shape index (κ3) is 3.02. The minimum atomic E-state index is -0.521. The number of nitrogens with zero attached hydrogens (tertiary/aromatic N) is 2. The Morgan fingerprint density at radius 2 is 2.00 bits per heavy atom. The van der Waals surface area contributed by atoms with Gasteiger partial charge in [-0.05, 0) is 24.3 Å². The van der Waals surface area contributed by atoms with Crippen LogP contribution in [0.1, 0.15) is 26.3 Å². The van der Waals surface area contributed by atoms with Crippen LogP contribution >= 0.6 is 11.6 Å². The Balaban J connectivity index is 2.57. The summed E-state index contributed by atoms with van der Waals surface area (Å²) in [7, 11) is 1.61. The van der Waals surface area contributed by atoms with Gasteiger partial charge < -0.3 is 9.94 Å². The van der Waals surface area contributed by atoms with Crippen molar-refractivity contribution in [3.63, 3.8) is 0 Å². The van der Waals surface area contributed by atoms with Crippen LogP contribution in [0.15, 0.2) is 24.3 Å². The van der Waals surface area contributed by atoms with Gasteiger partial charge in [0, 0.05) is 26.2 Å². The molecule has 0 amide bonds. The van der Waals surface area contributed by atoms with Crippen LogP contribution in [0.2, 0.25) is 5.15 Å². The van der Waals surface area contributed by atoms with Crippen molar-refractivity contribution >= 4 is 28.7 Å². The van der Waals surface area contributed by atoms with Gasteiger partial charge in [0.1, 0.15) is 10.9 Å². The van der Waals surface area contributed by atoms with E-state index in [0.29, 0.717) is 10.7 Å². The summed E-state index contributed by atoms with van der Waals surface area (Å²) in [5.74, 6) is 0.738. The second-order valence-electron chi connectivity index (χ2n) is 5.55. The zero-order valence-corrected chi connectivity index (χ0v) is 12.7. The second kappa shape index (κ2) is 5.29. The molecule has 5 heteroatoms. The average Bonchev–Trinajstić information content (AvgIpc) is 2.38. The fourth-order valence-electron chi connectivity index (χ4n) is 1.68. The molecule has 0 radical (unpaired) electrons. The Bertz CT molecular complexity index is 675. The average molecular weight is 293 g/mol. The quantitative estimate of drug-likeness (QED) is 0.279. The van der Waals surface area contributed by atoms with E-state index in [4.69, 9.17) is 16.3 Å². The van der Waals surface area contributed by atoms with Gasteiger partial charge in [0.2, 0.25) is 0 Å². The van der Waals surface area contributed by atoms with E-state index in [0.717, 1.165) is 21.4 Å². The van der Waals surface area contributed by atoms with Crippen molar-refractivity contribution < 1.29 is 9.48 Å². The standard InChI is InChI=1S/C15H17ClN2O2/c1-15(2,3)18(19)9-11-7-10-8-12(20-4)5-6-13(10)17-14(11)16/h5-9H,1-4H3. The van der Waals surface area contributed by atoms with Crippen LogP contribution in [0.4, 0.5) is 0 Å². The first-order valence-corrected chi connectivity index (χ1v) is 6.64. The van der Waals surface area contributed by atoms with Crippen molar-refractivity contribution in [3.05, 3.63) is 40.2 Å². The van der Waals surface area contributed by atoms with Crippen LogP contribution < -0.4 is 4.74 Å². The molecule has 0 unspecified atom stereocenters. The summed E-state index contributed by atoms with van der Waals surface area (Å²) in [6.45, 7) is 5.51. The number of pyridine rings is 1. The SMILES string of the molecule is COc1ccc2nc(Cl)c(C=[N+]([O-])C(C)(C)C)cc2c1. The highest BCUT2D eigenvalue weighted by Crippen LogP contribution is 2.23. The molecule has 1 aromatic carbocycles. The molecule has 20 heavy (non-hydrogen) atoms. The second-order valence-corrected chi connectivity index (χ2v) is 5.91. The van der Waals surface area contributed by atoms with Gasteiger partial charge in [-0.15, -0.1) is 0 Å². The molecule has 2 rings (SSSR count). The van der Waals surface area contributed by atoms with E-state index in [1.165, 1.54) is 6.21 Å². The van der Waals surface area contributed by atoms with E-state index in [1.807, 2.05) is 45.0 Å². The number of benzene rings is 1. The molecule has 1 aromatic heterocycles. The fraction of sp³-hybridized carbons (Fsp3) is 0.333. The summed E-state index contributed by atoms with van der Waals surface area (Å²) >= 11 is 6.13. The molecule has 0 spiro atoms. The Morgan fingerprint density at radius 1 is 1.30 bits per heavy atom. The van der Waals surface area contributed by atoms with Gasteiger partial charge in [0.25, 0.3) is 0 Å². The van der Waals surface area contributed by atoms with Crippen LogP contribution in [0.25, 0.3) is 10.9 Å². The topological polar surface area (TPSA) is 48.2 Å². The first kappa shape index (κ1) is 14.6. The normalized spacial score (nSPS) is 12.8. The molecule has 0 aliphatic carbocycles. The number of rotatable bonds is 2. The summed E-state index contributed by atoms with van der Waals surface area (Å²) in [5.41, 5.74) is 0.839. The molecule has 106 valence electrons. The largest absolute Gasteiger partial charge is 0.623 e. The zero-order valence-electron chi connectivity index (χ0n) is 12.0. The lowest BCUT2D eigenvalue weighted by atomic mass is 10.1. The van der Waals surface area contributed by atoms with Crippen molar-refractivity contribution in [2.24, 2.45) is 0 Å². The van der Waals surface area contributed by atoms with Gasteiger partial charge >= 0.3 is 0 Å². The van der Waals surface area contributed by atoms with Crippen molar-refractivity contribution in [1.82, 2.24) is 4.98 Å². The lowest BCUT2D eigenvalue weighted by molar-refractivity contribution is -0.530. The third-order valence-electron chi connectivity index (χ3n) is 2.92. The van der Waals surface area contributed by atoms with Crippen LogP contribution in [-0.4, -0.2) is 28.6 Å². The Kier molecular flexibility index (Phi) is 3.86. The predicted molar refractivity (Wildman–Crippen MR) is 81.9 cm³/mol. The molecule has 0 aliphatic rings. The predicted octanol–water partition coefficient (Wildman–Crippen LogP) is 3.62. The van der Waals surface area contributed by atoms with E-state index in [9.17, 15) is 5.21 Å².